The van der Waals surface area contributed by atoms with Gasteiger partial charge >= 0.3 is 12.2 Å². The highest BCUT2D eigenvalue weighted by molar-refractivity contribution is 6.39. The number of alkyl halides is 3. The molecule has 28 heavy (non-hydrogen) atoms. The monoisotopic (exact) mass is 382 g/mol. The Kier molecular flexibility index (Phi) is 5.26. The van der Waals surface area contributed by atoms with Crippen molar-refractivity contribution in [2.45, 2.75) is 11.5 Å². The van der Waals surface area contributed by atoms with Crippen molar-refractivity contribution in [2.75, 3.05) is 6.61 Å². The van der Waals surface area contributed by atoms with E-state index >= 15 is 0 Å². The van der Waals surface area contributed by atoms with Crippen molar-refractivity contribution in [3.63, 3.8) is 0 Å². The van der Waals surface area contributed by atoms with Crippen LogP contribution in [-0.4, -0.2) is 48.2 Å². The number of nitrogens with zero attached hydrogens (tertiary/aromatic N) is 4. The lowest BCUT2D eigenvalue weighted by atomic mass is 9.58. The molecule has 138 valence electrons. The molecule has 0 N–H and O–H groups in total. The predicted molar refractivity (Wildman–Crippen MR) is 96.1 cm³/mol. The van der Waals surface area contributed by atoms with E-state index in [9.17, 15) is 18.0 Å². The minimum atomic E-state index is -4.50. The molecule has 0 aliphatic carbocycles. The van der Waals surface area contributed by atoms with Gasteiger partial charge < -0.3 is 4.74 Å². The third-order valence-corrected chi connectivity index (χ3v) is 3.68. The number of benzene rings is 1. The number of hydrogen-bond acceptors (Lipinski definition) is 5. The molecular weight excluding hydrogens is 371 g/mol. The molecule has 0 atom stereocenters. The molecule has 0 aliphatic rings. The summed E-state index contributed by atoms with van der Waals surface area (Å²) in [4.78, 5) is 19.7. The fraction of sp³-hybridized carbons (Fsp3) is 0.176. The summed E-state index contributed by atoms with van der Waals surface area (Å²) in [7, 11) is 12.3. The molecule has 0 unspecified atom stereocenters. The van der Waals surface area contributed by atoms with Crippen LogP contribution < -0.4 is 10.3 Å². The van der Waals surface area contributed by atoms with Crippen LogP contribution >= 0.6 is 0 Å². The highest BCUT2D eigenvalue weighted by atomic mass is 19.4. The van der Waals surface area contributed by atoms with E-state index < -0.39 is 29.7 Å². The molecule has 0 saturated heterocycles. The summed E-state index contributed by atoms with van der Waals surface area (Å²) in [5.74, 6) is 0. The first-order valence-electron chi connectivity index (χ1n) is 7.93. The van der Waals surface area contributed by atoms with Crippen molar-refractivity contribution in [1.82, 2.24) is 19.7 Å². The molecular formula is C17H11B2F3N4O2. The van der Waals surface area contributed by atoms with Crippen LogP contribution in [0, 0.1) is 0 Å². The van der Waals surface area contributed by atoms with Crippen LogP contribution in [0.15, 0.2) is 59.7 Å². The molecule has 3 aromatic rings. The Morgan fingerprint density at radius 3 is 2.25 bits per heavy atom. The number of aromatic nitrogens is 4. The Labute approximate surface area is 160 Å². The molecule has 6 nitrogen and oxygen atoms in total. The van der Waals surface area contributed by atoms with Crippen LogP contribution in [0.2, 0.25) is 0 Å². The van der Waals surface area contributed by atoms with Gasteiger partial charge in [-0.15, -0.1) is 0 Å². The van der Waals surface area contributed by atoms with Crippen molar-refractivity contribution in [2.24, 2.45) is 0 Å². The van der Waals surface area contributed by atoms with Gasteiger partial charge in [0, 0.05) is 29.4 Å². The van der Waals surface area contributed by atoms with Gasteiger partial charge in [-0.2, -0.15) is 18.3 Å². The minimum absolute atomic E-state index is 0.248. The molecule has 0 bridgehead atoms. The van der Waals surface area contributed by atoms with Crippen molar-refractivity contribution >= 4 is 15.7 Å². The molecule has 0 spiro atoms. The number of ether oxygens (including phenoxy) is 1. The lowest BCUT2D eigenvalue weighted by Crippen LogP contribution is -2.44. The molecule has 2 heterocycles. The average Bonchev–Trinajstić information content (AvgIpc) is 2.67. The van der Waals surface area contributed by atoms with Crippen molar-refractivity contribution in [3.8, 4) is 17.3 Å². The van der Waals surface area contributed by atoms with Crippen molar-refractivity contribution in [3.05, 3.63) is 70.8 Å². The van der Waals surface area contributed by atoms with E-state index in [1.807, 2.05) is 0 Å². The van der Waals surface area contributed by atoms with Gasteiger partial charge in [-0.3, -0.25) is 4.79 Å². The van der Waals surface area contributed by atoms with E-state index in [-0.39, 0.29) is 5.69 Å². The summed E-state index contributed by atoms with van der Waals surface area (Å²) in [6, 6.07) is 10.7. The zero-order valence-corrected chi connectivity index (χ0v) is 14.3. The maximum Gasteiger partial charge on any atom is 0.422 e. The van der Waals surface area contributed by atoms with E-state index in [4.69, 9.17) is 15.7 Å². The van der Waals surface area contributed by atoms with E-state index in [0.717, 1.165) is 4.68 Å². The summed E-state index contributed by atoms with van der Waals surface area (Å²) in [6.45, 7) is -1.50. The van der Waals surface area contributed by atoms with Gasteiger partial charge in [0.15, 0.2) is 6.61 Å². The van der Waals surface area contributed by atoms with E-state index in [0.29, 0.717) is 11.1 Å². The fourth-order valence-electron chi connectivity index (χ4n) is 2.33. The van der Waals surface area contributed by atoms with Gasteiger partial charge in [-0.05, 0) is 11.6 Å². The van der Waals surface area contributed by atoms with Gasteiger partial charge in [0.25, 0.3) is 5.56 Å². The lowest BCUT2D eigenvalue weighted by Gasteiger charge is -2.28. The van der Waals surface area contributed by atoms with Gasteiger partial charge in [0.1, 0.15) is 0 Å². The molecule has 11 heteroatoms. The third kappa shape index (κ3) is 4.41. The third-order valence-electron chi connectivity index (χ3n) is 3.68. The van der Waals surface area contributed by atoms with Crippen LogP contribution in [-0.2, 0) is 5.34 Å². The maximum atomic E-state index is 12.2. The molecule has 0 amide bonds. The SMILES string of the molecule is [B]C([B])(c1ccccc1)n1nc(-c2cnc(OCC(F)(F)F)nc2)ccc1=O. The highest BCUT2D eigenvalue weighted by Crippen LogP contribution is 2.20. The molecule has 4 radical (unpaired) electrons. The largest absolute Gasteiger partial charge is 0.454 e. The van der Waals surface area contributed by atoms with Crippen LogP contribution in [0.4, 0.5) is 13.2 Å². The lowest BCUT2D eigenvalue weighted by molar-refractivity contribution is -0.154. The zero-order valence-electron chi connectivity index (χ0n) is 14.3. The average molecular weight is 382 g/mol. The zero-order chi connectivity index (χ0) is 20.4. The molecule has 0 aliphatic heterocycles. The Balaban J connectivity index is 1.90. The molecule has 1 aromatic carbocycles. The fourth-order valence-corrected chi connectivity index (χ4v) is 2.33. The summed E-state index contributed by atoms with van der Waals surface area (Å²) in [6.07, 6.45) is -2.07. The number of rotatable bonds is 5. The second-order valence-electron chi connectivity index (χ2n) is 5.82. The Bertz CT molecular complexity index is 1010. The van der Waals surface area contributed by atoms with Gasteiger partial charge in [-0.25, -0.2) is 14.6 Å². The Morgan fingerprint density at radius 1 is 1.00 bits per heavy atom. The summed E-state index contributed by atoms with van der Waals surface area (Å²) in [5, 5.41) is 2.44. The van der Waals surface area contributed by atoms with E-state index in [2.05, 4.69) is 19.8 Å². The van der Waals surface area contributed by atoms with E-state index in [1.54, 1.807) is 30.3 Å². The molecule has 0 fully saturated rings. The molecule has 3 rings (SSSR count). The highest BCUT2D eigenvalue weighted by Gasteiger charge is 2.29. The predicted octanol–water partition coefficient (Wildman–Crippen LogP) is 1.64. The minimum Gasteiger partial charge on any atom is -0.454 e. The first kappa shape index (κ1) is 19.7. The topological polar surface area (TPSA) is 69.9 Å². The summed E-state index contributed by atoms with van der Waals surface area (Å²) < 4.78 is 41.9. The second-order valence-corrected chi connectivity index (χ2v) is 5.82. The van der Waals surface area contributed by atoms with Gasteiger partial charge in [0.2, 0.25) is 0 Å². The van der Waals surface area contributed by atoms with Crippen LogP contribution in [0.5, 0.6) is 6.01 Å². The van der Waals surface area contributed by atoms with Crippen LogP contribution in [0.1, 0.15) is 5.56 Å². The van der Waals surface area contributed by atoms with E-state index in [1.165, 1.54) is 24.5 Å². The Hall–Kier alpha value is -3.10. The van der Waals surface area contributed by atoms with Crippen LogP contribution in [0.3, 0.4) is 0 Å². The summed E-state index contributed by atoms with van der Waals surface area (Å²) in [5.41, 5.74) is 0.493. The number of hydrogen-bond donors (Lipinski definition) is 0. The van der Waals surface area contributed by atoms with Crippen molar-refractivity contribution in [1.29, 1.82) is 0 Å². The quantitative estimate of drug-likeness (QED) is 0.628. The molecule has 2 aromatic heterocycles. The smallest absolute Gasteiger partial charge is 0.422 e. The second kappa shape index (κ2) is 7.49. The molecule has 0 saturated carbocycles. The normalized spacial score (nSPS) is 12.0. The maximum absolute atomic E-state index is 12.2. The first-order valence-corrected chi connectivity index (χ1v) is 7.93. The van der Waals surface area contributed by atoms with Gasteiger partial charge in [0.05, 0.1) is 21.4 Å². The Morgan fingerprint density at radius 2 is 1.64 bits per heavy atom. The van der Waals surface area contributed by atoms with Crippen LogP contribution in [0.25, 0.3) is 11.3 Å². The first-order chi connectivity index (χ1) is 13.2. The number of halogens is 3. The standard InChI is InChI=1S/C17H11B2F3N4O2/c18-17(19,12-4-2-1-3-5-12)26-14(27)7-6-13(25-26)11-8-23-15(24-9-11)28-10-16(20,21)22/h1-9H,10H2. The summed E-state index contributed by atoms with van der Waals surface area (Å²) >= 11 is 0. The van der Waals surface area contributed by atoms with Crippen molar-refractivity contribution < 1.29 is 17.9 Å². The van der Waals surface area contributed by atoms with Gasteiger partial charge in [-0.1, -0.05) is 30.3 Å².